The van der Waals surface area contributed by atoms with Gasteiger partial charge in [-0.1, -0.05) is 54.6 Å². The van der Waals surface area contributed by atoms with Crippen LogP contribution in [0.3, 0.4) is 0 Å². The van der Waals surface area contributed by atoms with Crippen LogP contribution in [0.2, 0.25) is 0 Å². The number of aliphatic carboxylic acids is 1. The molecule has 0 aliphatic carbocycles. The number of rotatable bonds is 10. The Balaban J connectivity index is 1.50. The van der Waals surface area contributed by atoms with E-state index in [1.807, 2.05) is 85.7 Å². The highest BCUT2D eigenvalue weighted by atomic mass is 16.4. The first-order valence-electron chi connectivity index (χ1n) is 11.1. The smallest absolute Gasteiger partial charge is 0.320 e. The number of benzene rings is 3. The lowest BCUT2D eigenvalue weighted by Crippen LogP contribution is -2.38. The molecule has 3 N–H and O–H groups in total. The zero-order valence-electron chi connectivity index (χ0n) is 19.3. The highest BCUT2D eigenvalue weighted by molar-refractivity contribution is 6.04. The first-order chi connectivity index (χ1) is 16.3. The van der Waals surface area contributed by atoms with Crippen molar-refractivity contribution in [2.75, 3.05) is 19.0 Å². The summed E-state index contributed by atoms with van der Waals surface area (Å²) in [6, 6.07) is 23.6. The van der Waals surface area contributed by atoms with E-state index in [4.69, 9.17) is 0 Å². The maximum Gasteiger partial charge on any atom is 0.320 e. The monoisotopic (exact) mass is 459 g/mol. The van der Waals surface area contributed by atoms with Gasteiger partial charge >= 0.3 is 5.97 Å². The summed E-state index contributed by atoms with van der Waals surface area (Å²) in [7, 11) is 3.87. The van der Waals surface area contributed by atoms with E-state index in [-0.39, 0.29) is 12.8 Å². The first-order valence-corrected chi connectivity index (χ1v) is 11.1. The summed E-state index contributed by atoms with van der Waals surface area (Å²) in [5, 5.41) is 14.8. The molecule has 0 saturated heterocycles. The summed E-state index contributed by atoms with van der Waals surface area (Å²) in [4.78, 5) is 38.3. The normalized spacial score (nSPS) is 11.5. The Bertz CT molecular complexity index is 1130. The van der Waals surface area contributed by atoms with Crippen LogP contribution in [0, 0.1) is 0 Å². The number of nitrogens with zero attached hydrogens (tertiary/aromatic N) is 1. The van der Waals surface area contributed by atoms with E-state index in [0.29, 0.717) is 12.1 Å². The molecule has 0 heterocycles. The average Bonchev–Trinajstić information content (AvgIpc) is 2.84. The predicted molar refractivity (Wildman–Crippen MR) is 133 cm³/mol. The summed E-state index contributed by atoms with van der Waals surface area (Å²) in [6.07, 6.45) is -0.0235. The van der Waals surface area contributed by atoms with E-state index < -0.39 is 23.8 Å². The molecule has 0 saturated carbocycles. The Hall–Kier alpha value is -3.97. The molecule has 0 radical (unpaired) electrons. The standard InChI is InChI=1S/C27H29N3O4/c1-30(2)23-10-6-7-19(17-23)18-28-24(27(33)34)15-16-25(31)29-26(32)22-13-11-21(12-14-22)20-8-4-3-5-9-20/h3-14,17,24,28H,15-16,18H2,1-2H3,(H,33,34)(H,29,31,32)/t24-/m0/s1. The van der Waals surface area contributed by atoms with E-state index in [2.05, 4.69) is 10.6 Å². The highest BCUT2D eigenvalue weighted by Crippen LogP contribution is 2.19. The van der Waals surface area contributed by atoms with Crippen LogP contribution in [-0.2, 0) is 16.1 Å². The number of nitrogens with one attached hydrogen (secondary N) is 2. The summed E-state index contributed by atoms with van der Waals surface area (Å²) >= 11 is 0. The van der Waals surface area contributed by atoms with Crippen LogP contribution in [0.1, 0.15) is 28.8 Å². The lowest BCUT2D eigenvalue weighted by atomic mass is 10.0. The third kappa shape index (κ3) is 7.02. The molecule has 0 fully saturated rings. The molecule has 0 aliphatic heterocycles. The molecule has 7 nitrogen and oxygen atoms in total. The van der Waals surface area contributed by atoms with Crippen molar-refractivity contribution in [1.82, 2.24) is 10.6 Å². The van der Waals surface area contributed by atoms with Crippen molar-refractivity contribution in [2.45, 2.75) is 25.4 Å². The lowest BCUT2D eigenvalue weighted by Gasteiger charge is -2.16. The van der Waals surface area contributed by atoms with Crippen LogP contribution in [0.25, 0.3) is 11.1 Å². The average molecular weight is 460 g/mol. The molecule has 7 heteroatoms. The Labute approximate surface area is 199 Å². The molecule has 3 aromatic rings. The van der Waals surface area contributed by atoms with E-state index in [1.165, 1.54) is 0 Å². The molecule has 0 aromatic heterocycles. The van der Waals surface area contributed by atoms with Crippen LogP contribution < -0.4 is 15.5 Å². The fraction of sp³-hybridized carbons (Fsp3) is 0.222. The van der Waals surface area contributed by atoms with Gasteiger partial charge in [0.2, 0.25) is 5.91 Å². The summed E-state index contributed by atoms with van der Waals surface area (Å²) < 4.78 is 0. The molecule has 0 aliphatic rings. The Morgan fingerprint density at radius 2 is 1.56 bits per heavy atom. The summed E-state index contributed by atoms with van der Waals surface area (Å²) in [5.41, 5.74) is 4.32. The van der Waals surface area contributed by atoms with Gasteiger partial charge < -0.3 is 15.3 Å². The van der Waals surface area contributed by atoms with Gasteiger partial charge in [0, 0.05) is 38.3 Å². The number of imide groups is 1. The minimum atomic E-state index is -1.04. The van der Waals surface area contributed by atoms with Crippen LogP contribution in [0.5, 0.6) is 0 Å². The number of carboxylic acid groups (broad SMARTS) is 1. The number of amides is 2. The Morgan fingerprint density at radius 1 is 0.882 bits per heavy atom. The molecule has 3 aromatic carbocycles. The highest BCUT2D eigenvalue weighted by Gasteiger charge is 2.19. The van der Waals surface area contributed by atoms with Gasteiger partial charge in [-0.15, -0.1) is 0 Å². The lowest BCUT2D eigenvalue weighted by molar-refractivity contribution is -0.139. The number of hydrogen-bond acceptors (Lipinski definition) is 5. The van der Waals surface area contributed by atoms with E-state index in [9.17, 15) is 19.5 Å². The van der Waals surface area contributed by atoms with Crippen molar-refractivity contribution in [3.05, 3.63) is 90.0 Å². The maximum absolute atomic E-state index is 12.4. The van der Waals surface area contributed by atoms with Crippen LogP contribution in [0.4, 0.5) is 5.69 Å². The molecule has 1 atom stereocenters. The van der Waals surface area contributed by atoms with Crippen LogP contribution in [-0.4, -0.2) is 43.0 Å². The number of carbonyl (C=O) groups is 3. The van der Waals surface area contributed by atoms with Crippen molar-refractivity contribution in [1.29, 1.82) is 0 Å². The first kappa shape index (κ1) is 24.7. The molecule has 0 bridgehead atoms. The van der Waals surface area contributed by atoms with Gasteiger partial charge in [-0.25, -0.2) is 0 Å². The van der Waals surface area contributed by atoms with E-state index in [1.54, 1.807) is 12.1 Å². The van der Waals surface area contributed by atoms with E-state index >= 15 is 0 Å². The van der Waals surface area contributed by atoms with E-state index in [0.717, 1.165) is 22.4 Å². The molecule has 0 unspecified atom stereocenters. The number of carboxylic acids is 1. The SMILES string of the molecule is CN(C)c1cccc(CN[C@@H](CCC(=O)NC(=O)c2ccc(-c3ccccc3)cc2)C(=O)O)c1. The molecule has 3 rings (SSSR count). The molecule has 176 valence electrons. The molecule has 34 heavy (non-hydrogen) atoms. The van der Waals surface area contributed by atoms with Gasteiger partial charge in [0.15, 0.2) is 0 Å². The second-order valence-corrected chi connectivity index (χ2v) is 8.20. The quantitative estimate of drug-likeness (QED) is 0.428. The topological polar surface area (TPSA) is 98.7 Å². The second kappa shape index (κ2) is 11.8. The van der Waals surface area contributed by atoms with Gasteiger partial charge in [-0.05, 0) is 47.4 Å². The molecular formula is C27H29N3O4. The van der Waals surface area contributed by atoms with Crippen molar-refractivity contribution in [3.63, 3.8) is 0 Å². The van der Waals surface area contributed by atoms with Crippen molar-refractivity contribution >= 4 is 23.5 Å². The number of hydrogen-bond donors (Lipinski definition) is 3. The van der Waals surface area contributed by atoms with Gasteiger partial charge in [0.1, 0.15) is 6.04 Å². The van der Waals surface area contributed by atoms with Crippen LogP contribution >= 0.6 is 0 Å². The predicted octanol–water partition coefficient (Wildman–Crippen LogP) is 3.70. The largest absolute Gasteiger partial charge is 0.480 e. The van der Waals surface area contributed by atoms with Gasteiger partial charge in [-0.2, -0.15) is 0 Å². The van der Waals surface area contributed by atoms with Crippen molar-refractivity contribution in [3.8, 4) is 11.1 Å². The Kier molecular flexibility index (Phi) is 8.54. The maximum atomic E-state index is 12.4. The zero-order chi connectivity index (χ0) is 24.5. The summed E-state index contributed by atoms with van der Waals surface area (Å²) in [6.45, 7) is 0.354. The molecule has 2 amide bonds. The van der Waals surface area contributed by atoms with Gasteiger partial charge in [0.25, 0.3) is 5.91 Å². The molecule has 0 spiro atoms. The van der Waals surface area contributed by atoms with Crippen molar-refractivity contribution in [2.24, 2.45) is 0 Å². The Morgan fingerprint density at radius 3 is 2.21 bits per heavy atom. The second-order valence-electron chi connectivity index (χ2n) is 8.20. The minimum Gasteiger partial charge on any atom is -0.480 e. The number of carbonyl (C=O) groups excluding carboxylic acids is 2. The third-order valence-corrected chi connectivity index (χ3v) is 5.44. The fourth-order valence-electron chi connectivity index (χ4n) is 3.48. The van der Waals surface area contributed by atoms with Gasteiger partial charge in [0.05, 0.1) is 0 Å². The number of anilines is 1. The summed E-state index contributed by atoms with van der Waals surface area (Å²) in [5.74, 6) is -2.07. The van der Waals surface area contributed by atoms with Gasteiger partial charge in [-0.3, -0.25) is 19.7 Å². The van der Waals surface area contributed by atoms with Crippen LogP contribution in [0.15, 0.2) is 78.9 Å². The third-order valence-electron chi connectivity index (χ3n) is 5.44. The zero-order valence-corrected chi connectivity index (χ0v) is 19.3. The minimum absolute atomic E-state index is 0.0642. The molecular weight excluding hydrogens is 430 g/mol. The van der Waals surface area contributed by atoms with Crippen molar-refractivity contribution < 1.29 is 19.5 Å². The fourth-order valence-corrected chi connectivity index (χ4v) is 3.48.